The Morgan fingerprint density at radius 3 is 2.52 bits per heavy atom. The van der Waals surface area contributed by atoms with E-state index < -0.39 is 0 Å². The van der Waals surface area contributed by atoms with Crippen molar-refractivity contribution in [2.45, 2.75) is 0 Å². The van der Waals surface area contributed by atoms with Crippen LogP contribution in [-0.2, 0) is 0 Å². The largest absolute Gasteiger partial charge is 0.464 e. The number of furan rings is 1. The van der Waals surface area contributed by atoms with Gasteiger partial charge in [0.05, 0.1) is 6.26 Å². The quantitative estimate of drug-likeness (QED) is 0.459. The fourth-order valence-corrected chi connectivity index (χ4v) is 2.71. The number of hydrogen-bond acceptors (Lipinski definition) is 3. The number of benzene rings is 2. The molecule has 2 aromatic heterocycles. The lowest BCUT2D eigenvalue weighted by Crippen LogP contribution is -1.93. The van der Waals surface area contributed by atoms with Gasteiger partial charge >= 0.3 is 5.63 Å². The molecule has 0 saturated heterocycles. The van der Waals surface area contributed by atoms with Crippen LogP contribution in [-0.4, -0.2) is 0 Å². The van der Waals surface area contributed by atoms with E-state index in [1.807, 2.05) is 30.3 Å². The topological polar surface area (TPSA) is 43.4 Å². The van der Waals surface area contributed by atoms with E-state index in [0.29, 0.717) is 11.2 Å². The summed E-state index contributed by atoms with van der Waals surface area (Å²) in [6, 6.07) is 15.0. The van der Waals surface area contributed by atoms with Crippen LogP contribution in [0.2, 0.25) is 0 Å². The summed E-state index contributed by atoms with van der Waals surface area (Å²) in [7, 11) is 0. The molecule has 0 amide bonds. The Bertz CT molecular complexity index is 1010. The molecule has 0 saturated carbocycles. The zero-order valence-corrected chi connectivity index (χ0v) is 12.4. The highest BCUT2D eigenvalue weighted by Crippen LogP contribution is 2.33. The average molecular weight is 341 g/mol. The molecule has 4 aromatic rings. The number of fused-ring (bicyclic) bond motifs is 2. The van der Waals surface area contributed by atoms with Crippen LogP contribution >= 0.6 is 15.9 Å². The average Bonchev–Trinajstić information content (AvgIpc) is 2.88. The first-order valence-corrected chi connectivity index (χ1v) is 7.21. The lowest BCUT2D eigenvalue weighted by Gasteiger charge is -2.00. The first-order chi connectivity index (χ1) is 10.2. The van der Waals surface area contributed by atoms with Gasteiger partial charge in [0.1, 0.15) is 11.2 Å². The van der Waals surface area contributed by atoms with Crippen LogP contribution in [0.5, 0.6) is 0 Å². The SMILES string of the molecule is O=c1ccc2cc3c(-c4ccc(Br)cc4)coc3cc2o1. The van der Waals surface area contributed by atoms with Gasteiger partial charge in [-0.25, -0.2) is 4.79 Å². The fourth-order valence-electron chi connectivity index (χ4n) is 2.44. The summed E-state index contributed by atoms with van der Waals surface area (Å²) < 4.78 is 11.8. The second-order valence-corrected chi connectivity index (χ2v) is 5.71. The van der Waals surface area contributed by atoms with Crippen molar-refractivity contribution in [1.29, 1.82) is 0 Å². The maximum atomic E-state index is 11.3. The second-order valence-electron chi connectivity index (χ2n) is 4.80. The molecular formula is C17H9BrO3. The Morgan fingerprint density at radius 2 is 1.71 bits per heavy atom. The van der Waals surface area contributed by atoms with Gasteiger partial charge in [0.25, 0.3) is 0 Å². The molecule has 21 heavy (non-hydrogen) atoms. The minimum atomic E-state index is -0.360. The maximum absolute atomic E-state index is 11.3. The molecule has 0 aliphatic rings. The lowest BCUT2D eigenvalue weighted by atomic mass is 10.0. The summed E-state index contributed by atoms with van der Waals surface area (Å²) in [5.41, 5.74) is 2.97. The first-order valence-electron chi connectivity index (χ1n) is 6.42. The van der Waals surface area contributed by atoms with Gasteiger partial charge in [0.15, 0.2) is 0 Å². The molecule has 102 valence electrons. The summed E-state index contributed by atoms with van der Waals surface area (Å²) >= 11 is 3.43. The van der Waals surface area contributed by atoms with Gasteiger partial charge in [-0.2, -0.15) is 0 Å². The molecule has 0 fully saturated rings. The van der Waals surface area contributed by atoms with E-state index in [-0.39, 0.29) is 5.63 Å². The van der Waals surface area contributed by atoms with E-state index in [2.05, 4.69) is 15.9 Å². The van der Waals surface area contributed by atoms with E-state index in [9.17, 15) is 4.79 Å². The first kappa shape index (κ1) is 12.4. The van der Waals surface area contributed by atoms with Crippen LogP contribution in [0.3, 0.4) is 0 Å². The van der Waals surface area contributed by atoms with Gasteiger partial charge in [-0.15, -0.1) is 0 Å². The van der Waals surface area contributed by atoms with Crippen molar-refractivity contribution in [1.82, 2.24) is 0 Å². The Labute approximate surface area is 127 Å². The summed E-state index contributed by atoms with van der Waals surface area (Å²) in [4.78, 5) is 11.3. The van der Waals surface area contributed by atoms with Gasteiger partial charge < -0.3 is 8.83 Å². The van der Waals surface area contributed by atoms with E-state index >= 15 is 0 Å². The predicted octanol–water partition coefficient (Wildman–Crippen LogP) is 4.97. The third kappa shape index (κ3) is 2.08. The standard InChI is InChI=1S/C17H9BrO3/c18-12-4-1-10(2-5-12)14-9-20-16-8-15-11(7-13(14)16)3-6-17(19)21-15/h1-9H. The van der Waals surface area contributed by atoms with E-state index in [0.717, 1.165) is 26.4 Å². The van der Waals surface area contributed by atoms with Crippen molar-refractivity contribution in [3.8, 4) is 11.1 Å². The van der Waals surface area contributed by atoms with E-state index in [4.69, 9.17) is 8.83 Å². The highest BCUT2D eigenvalue weighted by molar-refractivity contribution is 9.10. The molecule has 0 aliphatic heterocycles. The summed E-state index contributed by atoms with van der Waals surface area (Å²) in [5.74, 6) is 0. The van der Waals surface area contributed by atoms with Crippen LogP contribution < -0.4 is 5.63 Å². The molecule has 3 nitrogen and oxygen atoms in total. The number of hydrogen-bond donors (Lipinski definition) is 0. The van der Waals surface area contributed by atoms with Crippen LogP contribution in [0.1, 0.15) is 0 Å². The minimum Gasteiger partial charge on any atom is -0.464 e. The predicted molar refractivity (Wildman–Crippen MR) is 85.4 cm³/mol. The number of halogens is 1. The third-order valence-electron chi connectivity index (χ3n) is 3.47. The van der Waals surface area contributed by atoms with Crippen LogP contribution in [0.4, 0.5) is 0 Å². The maximum Gasteiger partial charge on any atom is 0.336 e. The normalized spacial score (nSPS) is 11.3. The molecule has 0 atom stereocenters. The van der Waals surface area contributed by atoms with E-state index in [1.165, 1.54) is 6.07 Å². The molecule has 0 N–H and O–H groups in total. The Morgan fingerprint density at radius 1 is 0.905 bits per heavy atom. The fraction of sp³-hybridized carbons (Fsp3) is 0. The van der Waals surface area contributed by atoms with Crippen molar-refractivity contribution in [2.24, 2.45) is 0 Å². The smallest absolute Gasteiger partial charge is 0.336 e. The van der Waals surface area contributed by atoms with Crippen LogP contribution in [0, 0.1) is 0 Å². The van der Waals surface area contributed by atoms with Gasteiger partial charge in [0.2, 0.25) is 0 Å². The number of rotatable bonds is 1. The zero-order chi connectivity index (χ0) is 14.4. The molecule has 2 aromatic carbocycles. The molecule has 0 spiro atoms. The zero-order valence-electron chi connectivity index (χ0n) is 10.8. The van der Waals surface area contributed by atoms with E-state index in [1.54, 1.807) is 18.4 Å². The van der Waals surface area contributed by atoms with Crippen molar-refractivity contribution in [2.75, 3.05) is 0 Å². The molecule has 0 radical (unpaired) electrons. The van der Waals surface area contributed by atoms with Gasteiger partial charge in [0, 0.05) is 32.9 Å². The molecule has 2 heterocycles. The summed E-state index contributed by atoms with van der Waals surface area (Å²) in [5, 5.41) is 1.88. The molecule has 0 aliphatic carbocycles. The van der Waals surface area contributed by atoms with Crippen molar-refractivity contribution in [3.05, 3.63) is 69.7 Å². The van der Waals surface area contributed by atoms with Crippen molar-refractivity contribution in [3.63, 3.8) is 0 Å². The van der Waals surface area contributed by atoms with Crippen molar-refractivity contribution < 1.29 is 8.83 Å². The Kier molecular flexibility index (Phi) is 2.72. The molecule has 4 heteroatoms. The lowest BCUT2D eigenvalue weighted by molar-refractivity contribution is 0.559. The van der Waals surface area contributed by atoms with Gasteiger partial charge in [-0.3, -0.25) is 0 Å². The van der Waals surface area contributed by atoms with Gasteiger partial charge in [-0.1, -0.05) is 28.1 Å². The van der Waals surface area contributed by atoms with Crippen LogP contribution in [0.15, 0.2) is 72.9 Å². The van der Waals surface area contributed by atoms with Gasteiger partial charge in [-0.05, 0) is 29.8 Å². The Balaban J connectivity index is 2.01. The summed E-state index contributed by atoms with van der Waals surface area (Å²) in [6.07, 6.45) is 1.73. The monoisotopic (exact) mass is 340 g/mol. The second kappa shape index (κ2) is 4.60. The molecular weight excluding hydrogens is 332 g/mol. The summed E-state index contributed by atoms with van der Waals surface area (Å²) in [6.45, 7) is 0. The third-order valence-corrected chi connectivity index (χ3v) is 4.00. The molecule has 4 rings (SSSR count). The molecule has 0 bridgehead atoms. The van der Waals surface area contributed by atoms with Crippen molar-refractivity contribution >= 4 is 37.9 Å². The highest BCUT2D eigenvalue weighted by Gasteiger charge is 2.10. The highest BCUT2D eigenvalue weighted by atomic mass is 79.9. The minimum absolute atomic E-state index is 0.360. The Hall–Kier alpha value is -2.33. The van der Waals surface area contributed by atoms with Crippen LogP contribution in [0.25, 0.3) is 33.1 Å². The molecule has 0 unspecified atom stereocenters.